The number of rotatable bonds is 4. The molecule has 0 spiro atoms. The summed E-state index contributed by atoms with van der Waals surface area (Å²) in [5, 5.41) is 7.19. The quantitative estimate of drug-likeness (QED) is 0.736. The molecule has 1 aromatic carbocycles. The van der Waals surface area contributed by atoms with Gasteiger partial charge in [0, 0.05) is 24.2 Å². The maximum atomic E-state index is 13.1. The van der Waals surface area contributed by atoms with E-state index in [1.165, 1.54) is 12.1 Å². The summed E-state index contributed by atoms with van der Waals surface area (Å²) in [5.74, 6) is 1.29. The molecule has 0 aliphatic carbocycles. The molecule has 6 heteroatoms. The zero-order valence-corrected chi connectivity index (χ0v) is 19.3. The van der Waals surface area contributed by atoms with Crippen molar-refractivity contribution in [2.24, 2.45) is 11.3 Å². The van der Waals surface area contributed by atoms with E-state index in [1.807, 2.05) is 13.0 Å². The second kappa shape index (κ2) is 10.2. The molecule has 1 aliphatic rings. The van der Waals surface area contributed by atoms with Gasteiger partial charge in [0.05, 0.1) is 12.6 Å². The molecule has 166 valence electrons. The number of carbonyl (C=O) groups excluding carboxylic acids is 1. The lowest BCUT2D eigenvalue weighted by Crippen LogP contribution is -2.59. The number of hydrogen-bond acceptors (Lipinski definition) is 4. The lowest BCUT2D eigenvalue weighted by atomic mass is 9.87. The predicted octanol–water partition coefficient (Wildman–Crippen LogP) is 5.27. The minimum absolute atomic E-state index is 0.0452. The van der Waals surface area contributed by atoms with Gasteiger partial charge in [-0.05, 0) is 48.9 Å². The molecule has 1 aliphatic heterocycles. The van der Waals surface area contributed by atoms with E-state index in [1.54, 1.807) is 12.1 Å². The van der Waals surface area contributed by atoms with Crippen molar-refractivity contribution in [3.05, 3.63) is 41.9 Å². The van der Waals surface area contributed by atoms with Crippen LogP contribution in [0.2, 0.25) is 0 Å². The van der Waals surface area contributed by atoms with Gasteiger partial charge in [0.25, 0.3) is 0 Å². The maximum Gasteiger partial charge on any atom is 0.237 e. The van der Waals surface area contributed by atoms with Crippen LogP contribution in [-0.4, -0.2) is 34.6 Å². The molecule has 0 bridgehead atoms. The zero-order valence-electron chi connectivity index (χ0n) is 19.3. The van der Waals surface area contributed by atoms with E-state index in [0.29, 0.717) is 18.0 Å². The number of hydrogen-bond donors (Lipinski definition) is 1. The predicted molar refractivity (Wildman–Crippen MR) is 118 cm³/mol. The molecule has 1 aromatic heterocycles. The molecule has 0 saturated carbocycles. The fraction of sp³-hybridized carbons (Fsp3) is 0.583. The summed E-state index contributed by atoms with van der Waals surface area (Å²) in [5.41, 5.74) is 1.61. The van der Waals surface area contributed by atoms with Crippen molar-refractivity contribution in [1.29, 1.82) is 0 Å². The van der Waals surface area contributed by atoms with Crippen molar-refractivity contribution in [3.63, 3.8) is 0 Å². The standard InChI is InChI=1S/C20H26FN3O2.C4H10/c1-13-19(25)22-16(10-20(2,3)4)11-24(13)12-17-9-18(23-26-17)14-5-7-15(21)8-6-14;1-4(2)3/h5-9,13,16H,10-12H2,1-4H3,(H,22,25);4H,1-3H3. The summed E-state index contributed by atoms with van der Waals surface area (Å²) in [7, 11) is 0. The first kappa shape index (κ1) is 24.1. The molecule has 30 heavy (non-hydrogen) atoms. The van der Waals surface area contributed by atoms with Gasteiger partial charge in [-0.3, -0.25) is 9.69 Å². The maximum absolute atomic E-state index is 13.1. The molecule has 2 heterocycles. The van der Waals surface area contributed by atoms with Gasteiger partial charge in [-0.1, -0.05) is 46.7 Å². The Bertz CT molecular complexity index is 806. The van der Waals surface area contributed by atoms with Crippen LogP contribution in [0.5, 0.6) is 0 Å². The summed E-state index contributed by atoms with van der Waals surface area (Å²) in [6.07, 6.45) is 0.916. The van der Waals surface area contributed by atoms with Crippen LogP contribution >= 0.6 is 0 Å². The molecule has 5 nitrogen and oxygen atoms in total. The fourth-order valence-corrected chi connectivity index (χ4v) is 3.38. The van der Waals surface area contributed by atoms with E-state index in [-0.39, 0.29) is 29.2 Å². The van der Waals surface area contributed by atoms with Gasteiger partial charge in [0.1, 0.15) is 11.5 Å². The molecule has 1 N–H and O–H groups in total. The molecular formula is C24H36FN3O2. The Morgan fingerprint density at radius 2 is 1.83 bits per heavy atom. The van der Waals surface area contributed by atoms with Gasteiger partial charge in [-0.15, -0.1) is 0 Å². The third-order valence-corrected chi connectivity index (χ3v) is 4.65. The van der Waals surface area contributed by atoms with Gasteiger partial charge in [0.15, 0.2) is 5.76 Å². The van der Waals surface area contributed by atoms with E-state index < -0.39 is 0 Å². The van der Waals surface area contributed by atoms with Crippen LogP contribution in [0.25, 0.3) is 11.3 Å². The average molecular weight is 418 g/mol. The van der Waals surface area contributed by atoms with E-state index in [0.717, 1.165) is 24.4 Å². The first-order valence-electron chi connectivity index (χ1n) is 10.7. The Hall–Kier alpha value is -2.21. The molecule has 2 unspecified atom stereocenters. The Morgan fingerprint density at radius 1 is 1.23 bits per heavy atom. The molecular weight excluding hydrogens is 381 g/mol. The normalized spacial score (nSPS) is 20.0. The minimum atomic E-state index is -0.282. The van der Waals surface area contributed by atoms with E-state index in [4.69, 9.17) is 4.52 Å². The highest BCUT2D eigenvalue weighted by molar-refractivity contribution is 5.82. The number of benzene rings is 1. The highest BCUT2D eigenvalue weighted by Gasteiger charge is 2.33. The molecule has 1 fully saturated rings. The van der Waals surface area contributed by atoms with Crippen LogP contribution in [0.15, 0.2) is 34.9 Å². The second-order valence-corrected chi connectivity index (χ2v) is 9.99. The number of nitrogens with one attached hydrogen (secondary N) is 1. The van der Waals surface area contributed by atoms with Crippen molar-refractivity contribution in [3.8, 4) is 11.3 Å². The monoisotopic (exact) mass is 417 g/mol. The third-order valence-electron chi connectivity index (χ3n) is 4.65. The highest BCUT2D eigenvalue weighted by atomic mass is 19.1. The summed E-state index contributed by atoms with van der Waals surface area (Å²) in [6, 6.07) is 7.91. The molecule has 1 amide bonds. The smallest absolute Gasteiger partial charge is 0.237 e. The van der Waals surface area contributed by atoms with Crippen LogP contribution in [0.4, 0.5) is 4.39 Å². The Labute approximate surface area is 180 Å². The average Bonchev–Trinajstić information content (AvgIpc) is 3.06. The van der Waals surface area contributed by atoms with Crippen molar-refractivity contribution in [2.45, 2.75) is 73.5 Å². The van der Waals surface area contributed by atoms with Gasteiger partial charge >= 0.3 is 0 Å². The minimum Gasteiger partial charge on any atom is -0.359 e. The molecule has 3 rings (SSSR count). The summed E-state index contributed by atoms with van der Waals surface area (Å²) in [6.45, 7) is 16.2. The van der Waals surface area contributed by atoms with Gasteiger partial charge in [-0.2, -0.15) is 0 Å². The molecule has 0 radical (unpaired) electrons. The molecule has 2 atom stereocenters. The van der Waals surface area contributed by atoms with Gasteiger partial charge in [0.2, 0.25) is 5.91 Å². The van der Waals surface area contributed by atoms with E-state index >= 15 is 0 Å². The number of amides is 1. The number of halogens is 1. The van der Waals surface area contributed by atoms with Gasteiger partial charge < -0.3 is 9.84 Å². The summed E-state index contributed by atoms with van der Waals surface area (Å²) >= 11 is 0. The number of piperazine rings is 1. The summed E-state index contributed by atoms with van der Waals surface area (Å²) in [4.78, 5) is 14.4. The number of aromatic nitrogens is 1. The summed E-state index contributed by atoms with van der Waals surface area (Å²) < 4.78 is 18.5. The van der Waals surface area contributed by atoms with Crippen LogP contribution in [0.1, 0.15) is 60.6 Å². The van der Waals surface area contributed by atoms with Crippen molar-refractivity contribution >= 4 is 5.91 Å². The highest BCUT2D eigenvalue weighted by Crippen LogP contribution is 2.25. The Kier molecular flexibility index (Phi) is 8.18. The SMILES string of the molecule is CC(C)C.CC1C(=O)NC(CC(C)(C)C)CN1Cc1cc(-c2ccc(F)cc2)no1. The first-order valence-corrected chi connectivity index (χ1v) is 10.7. The lowest BCUT2D eigenvalue weighted by molar-refractivity contribution is -0.130. The Balaban J connectivity index is 0.000000735. The van der Waals surface area contributed by atoms with Crippen molar-refractivity contribution < 1.29 is 13.7 Å². The van der Waals surface area contributed by atoms with E-state index in [2.05, 4.69) is 56.9 Å². The van der Waals surface area contributed by atoms with Crippen LogP contribution in [0.3, 0.4) is 0 Å². The molecule has 2 aromatic rings. The topological polar surface area (TPSA) is 58.4 Å². The zero-order chi connectivity index (χ0) is 22.5. The van der Waals surface area contributed by atoms with Crippen LogP contribution < -0.4 is 5.32 Å². The largest absolute Gasteiger partial charge is 0.359 e. The van der Waals surface area contributed by atoms with Crippen LogP contribution in [-0.2, 0) is 11.3 Å². The molecule has 1 saturated heterocycles. The Morgan fingerprint density at radius 3 is 2.40 bits per heavy atom. The first-order chi connectivity index (χ1) is 13.9. The van der Waals surface area contributed by atoms with Crippen molar-refractivity contribution in [2.75, 3.05) is 6.54 Å². The lowest BCUT2D eigenvalue weighted by Gasteiger charge is -2.39. The second-order valence-electron chi connectivity index (χ2n) is 9.99. The number of nitrogens with zero attached hydrogens (tertiary/aromatic N) is 2. The number of carbonyl (C=O) groups is 1. The van der Waals surface area contributed by atoms with Crippen LogP contribution in [0, 0.1) is 17.2 Å². The third kappa shape index (κ3) is 7.56. The van der Waals surface area contributed by atoms with Crippen molar-refractivity contribution in [1.82, 2.24) is 15.4 Å². The fourth-order valence-electron chi connectivity index (χ4n) is 3.38. The van der Waals surface area contributed by atoms with Gasteiger partial charge in [-0.25, -0.2) is 4.39 Å². The van der Waals surface area contributed by atoms with E-state index in [9.17, 15) is 9.18 Å².